The summed E-state index contributed by atoms with van der Waals surface area (Å²) in [6.07, 6.45) is -4.50. The first-order chi connectivity index (χ1) is 8.30. The lowest BCUT2D eigenvalue weighted by atomic mass is 9.95. The van der Waals surface area contributed by atoms with Crippen molar-refractivity contribution in [1.82, 2.24) is 5.32 Å². The van der Waals surface area contributed by atoms with Crippen molar-refractivity contribution in [2.24, 2.45) is 0 Å². The van der Waals surface area contributed by atoms with Gasteiger partial charge in [0.15, 0.2) is 0 Å². The molecule has 2 amide bonds. The van der Waals surface area contributed by atoms with E-state index in [0.29, 0.717) is 0 Å². The topological polar surface area (TPSA) is 46.2 Å². The minimum absolute atomic E-state index is 0.0770. The van der Waals surface area contributed by atoms with Gasteiger partial charge in [0.25, 0.3) is 0 Å². The fourth-order valence-electron chi connectivity index (χ4n) is 1.78. The number of nitrogens with one attached hydrogen (secondary N) is 1. The Kier molecular flexibility index (Phi) is 3.06. The first-order valence-corrected chi connectivity index (χ1v) is 5.40. The zero-order valence-corrected chi connectivity index (χ0v) is 9.55. The Hall–Kier alpha value is -1.56. The molecule has 0 aliphatic carbocycles. The van der Waals surface area contributed by atoms with E-state index in [1.165, 1.54) is 12.1 Å². The van der Waals surface area contributed by atoms with Crippen molar-refractivity contribution < 1.29 is 22.8 Å². The van der Waals surface area contributed by atoms with Crippen LogP contribution in [0.4, 0.5) is 13.2 Å². The molecule has 1 fully saturated rings. The van der Waals surface area contributed by atoms with E-state index in [-0.39, 0.29) is 5.56 Å². The van der Waals surface area contributed by atoms with E-state index in [4.69, 9.17) is 11.6 Å². The van der Waals surface area contributed by atoms with Crippen molar-refractivity contribution in [3.05, 3.63) is 35.4 Å². The second-order valence-electron chi connectivity index (χ2n) is 3.86. The van der Waals surface area contributed by atoms with Gasteiger partial charge in [0, 0.05) is 0 Å². The van der Waals surface area contributed by atoms with Crippen molar-refractivity contribution in [2.45, 2.75) is 17.5 Å². The normalized spacial score (nSPS) is 24.2. The number of imide groups is 1. The number of rotatable bonds is 1. The van der Waals surface area contributed by atoms with E-state index >= 15 is 0 Å². The molecule has 0 spiro atoms. The van der Waals surface area contributed by atoms with Crippen LogP contribution < -0.4 is 5.32 Å². The average Bonchev–Trinajstić information content (AvgIpc) is 2.52. The molecule has 7 heteroatoms. The van der Waals surface area contributed by atoms with E-state index < -0.39 is 34.8 Å². The molecule has 1 N–H and O–H groups in total. The standard InChI is InChI=1S/C11H7ClF3NO2/c12-8-7(9(17)16-10(8)18)5-2-1-3-6(4-5)11(13,14)15/h1-4,7-8H,(H,16,17,18). The molecule has 96 valence electrons. The summed E-state index contributed by atoms with van der Waals surface area (Å²) in [5.41, 5.74) is -0.802. The van der Waals surface area contributed by atoms with Gasteiger partial charge in [-0.15, -0.1) is 11.6 Å². The Morgan fingerprint density at radius 2 is 1.83 bits per heavy atom. The van der Waals surface area contributed by atoms with E-state index in [1.54, 1.807) is 0 Å². The molecular weight excluding hydrogens is 271 g/mol. The first kappa shape index (κ1) is 12.9. The molecule has 0 bridgehead atoms. The van der Waals surface area contributed by atoms with Crippen LogP contribution in [0.25, 0.3) is 0 Å². The lowest BCUT2D eigenvalue weighted by Crippen LogP contribution is -2.22. The van der Waals surface area contributed by atoms with E-state index in [9.17, 15) is 22.8 Å². The quantitative estimate of drug-likeness (QED) is 0.631. The number of amides is 2. The smallest absolute Gasteiger partial charge is 0.295 e. The van der Waals surface area contributed by atoms with Crippen molar-refractivity contribution in [3.63, 3.8) is 0 Å². The predicted octanol–water partition coefficient (Wildman–Crippen LogP) is 2.05. The van der Waals surface area contributed by atoms with Crippen LogP contribution in [0.5, 0.6) is 0 Å². The predicted molar refractivity (Wildman–Crippen MR) is 57.0 cm³/mol. The number of alkyl halides is 4. The summed E-state index contributed by atoms with van der Waals surface area (Å²) >= 11 is 5.71. The van der Waals surface area contributed by atoms with Crippen LogP contribution in [0.15, 0.2) is 24.3 Å². The summed E-state index contributed by atoms with van der Waals surface area (Å²) in [6.45, 7) is 0. The van der Waals surface area contributed by atoms with Gasteiger partial charge in [-0.1, -0.05) is 18.2 Å². The van der Waals surface area contributed by atoms with E-state index in [2.05, 4.69) is 0 Å². The summed E-state index contributed by atoms with van der Waals surface area (Å²) < 4.78 is 37.6. The van der Waals surface area contributed by atoms with Gasteiger partial charge in [0.2, 0.25) is 11.8 Å². The largest absolute Gasteiger partial charge is 0.416 e. The molecule has 3 nitrogen and oxygen atoms in total. The summed E-state index contributed by atoms with van der Waals surface area (Å²) in [5, 5.41) is 0.803. The summed E-state index contributed by atoms with van der Waals surface area (Å²) in [4.78, 5) is 22.6. The minimum atomic E-state index is -4.50. The molecule has 1 aliphatic rings. The van der Waals surface area contributed by atoms with Gasteiger partial charge in [-0.25, -0.2) is 0 Å². The molecule has 0 radical (unpaired) electrons. The molecule has 1 aliphatic heterocycles. The number of hydrogen-bond donors (Lipinski definition) is 1. The summed E-state index contributed by atoms with van der Waals surface area (Å²) in [5.74, 6) is -2.45. The van der Waals surface area contributed by atoms with Crippen LogP contribution in [0, 0.1) is 0 Å². The van der Waals surface area contributed by atoms with Gasteiger partial charge in [-0.2, -0.15) is 13.2 Å². The Bertz CT molecular complexity index is 515. The van der Waals surface area contributed by atoms with Gasteiger partial charge in [0.1, 0.15) is 5.38 Å². The maximum Gasteiger partial charge on any atom is 0.416 e. The Morgan fingerprint density at radius 1 is 1.17 bits per heavy atom. The third-order valence-electron chi connectivity index (χ3n) is 2.65. The van der Waals surface area contributed by atoms with Gasteiger partial charge in [-0.05, 0) is 11.6 Å². The maximum absolute atomic E-state index is 12.5. The summed E-state index contributed by atoms with van der Waals surface area (Å²) in [7, 11) is 0. The molecule has 1 saturated heterocycles. The van der Waals surface area contributed by atoms with Crippen LogP contribution in [0.2, 0.25) is 0 Å². The monoisotopic (exact) mass is 277 g/mol. The molecule has 2 atom stereocenters. The van der Waals surface area contributed by atoms with Crippen LogP contribution in [0.3, 0.4) is 0 Å². The first-order valence-electron chi connectivity index (χ1n) is 4.96. The Balaban J connectivity index is 2.40. The molecule has 18 heavy (non-hydrogen) atoms. The molecule has 1 aromatic rings. The van der Waals surface area contributed by atoms with Crippen LogP contribution in [-0.2, 0) is 15.8 Å². The molecule has 1 heterocycles. The van der Waals surface area contributed by atoms with Crippen LogP contribution >= 0.6 is 11.6 Å². The molecule has 0 aromatic heterocycles. The molecule has 1 aromatic carbocycles. The fourth-order valence-corrected chi connectivity index (χ4v) is 2.10. The van der Waals surface area contributed by atoms with Crippen molar-refractivity contribution in [2.75, 3.05) is 0 Å². The second-order valence-corrected chi connectivity index (χ2v) is 4.33. The molecule has 0 saturated carbocycles. The van der Waals surface area contributed by atoms with Crippen molar-refractivity contribution in [3.8, 4) is 0 Å². The maximum atomic E-state index is 12.5. The zero-order chi connectivity index (χ0) is 13.5. The minimum Gasteiger partial charge on any atom is -0.295 e. The van der Waals surface area contributed by atoms with E-state index in [1.807, 2.05) is 5.32 Å². The average molecular weight is 278 g/mol. The lowest BCUT2D eigenvalue weighted by molar-refractivity contribution is -0.137. The number of halogens is 4. The van der Waals surface area contributed by atoms with Crippen molar-refractivity contribution >= 4 is 23.4 Å². The number of carbonyl (C=O) groups is 2. The van der Waals surface area contributed by atoms with E-state index in [0.717, 1.165) is 12.1 Å². The molecule has 2 unspecified atom stereocenters. The Morgan fingerprint density at radius 3 is 2.33 bits per heavy atom. The fraction of sp³-hybridized carbons (Fsp3) is 0.273. The number of hydrogen-bond acceptors (Lipinski definition) is 2. The lowest BCUT2D eigenvalue weighted by Gasteiger charge is -2.13. The SMILES string of the molecule is O=C1NC(=O)C(c2cccc(C(F)(F)F)c2)C1Cl. The highest BCUT2D eigenvalue weighted by Gasteiger charge is 2.42. The van der Waals surface area contributed by atoms with Crippen LogP contribution in [-0.4, -0.2) is 17.2 Å². The zero-order valence-electron chi connectivity index (χ0n) is 8.79. The summed E-state index contributed by atoms with van der Waals surface area (Å²) in [6, 6.07) is 4.24. The van der Waals surface area contributed by atoms with Gasteiger partial charge in [0.05, 0.1) is 11.5 Å². The third kappa shape index (κ3) is 2.20. The van der Waals surface area contributed by atoms with Crippen LogP contribution in [0.1, 0.15) is 17.0 Å². The molecule has 2 rings (SSSR count). The van der Waals surface area contributed by atoms with Gasteiger partial charge >= 0.3 is 6.18 Å². The highest BCUT2D eigenvalue weighted by atomic mass is 35.5. The Labute approximate surface area is 105 Å². The molecular formula is C11H7ClF3NO2. The van der Waals surface area contributed by atoms with Gasteiger partial charge in [-0.3, -0.25) is 14.9 Å². The number of benzene rings is 1. The highest BCUT2D eigenvalue weighted by Crippen LogP contribution is 2.34. The van der Waals surface area contributed by atoms with Gasteiger partial charge < -0.3 is 0 Å². The number of carbonyl (C=O) groups excluding carboxylic acids is 2. The highest BCUT2D eigenvalue weighted by molar-refractivity contribution is 6.37. The third-order valence-corrected chi connectivity index (χ3v) is 3.10. The van der Waals surface area contributed by atoms with Crippen molar-refractivity contribution in [1.29, 1.82) is 0 Å². The second kappa shape index (κ2) is 4.28.